The summed E-state index contributed by atoms with van der Waals surface area (Å²) in [6.07, 6.45) is 1.28. The molecule has 1 atom stereocenters. The number of amides is 1. The first-order valence-electron chi connectivity index (χ1n) is 7.44. The standard InChI is InChI=1S/C17H23N3O3/c1-19(2)11-14(21)12-23-15-8-6-13(7-9-15)18-17(22)16-5-4-10-20(16)3/h4-10,14,21H,11-12H2,1-3H3,(H,18,22). The van der Waals surface area contributed by atoms with Crippen molar-refractivity contribution in [2.24, 2.45) is 7.05 Å². The van der Waals surface area contributed by atoms with Crippen molar-refractivity contribution in [3.05, 3.63) is 48.3 Å². The fraction of sp³-hybridized carbons (Fsp3) is 0.353. The quantitative estimate of drug-likeness (QED) is 0.814. The summed E-state index contributed by atoms with van der Waals surface area (Å²) in [5.74, 6) is 0.493. The second-order valence-electron chi connectivity index (χ2n) is 5.71. The lowest BCUT2D eigenvalue weighted by Gasteiger charge is -2.16. The largest absolute Gasteiger partial charge is 0.491 e. The first-order valence-corrected chi connectivity index (χ1v) is 7.44. The van der Waals surface area contributed by atoms with Crippen molar-refractivity contribution in [1.82, 2.24) is 9.47 Å². The number of hydrogen-bond donors (Lipinski definition) is 2. The number of nitrogens with zero attached hydrogens (tertiary/aromatic N) is 2. The molecular formula is C17H23N3O3. The Bertz CT molecular complexity index is 635. The van der Waals surface area contributed by atoms with E-state index in [9.17, 15) is 9.90 Å². The molecule has 23 heavy (non-hydrogen) atoms. The van der Waals surface area contributed by atoms with Gasteiger partial charge >= 0.3 is 0 Å². The van der Waals surface area contributed by atoms with Crippen LogP contribution in [0.3, 0.4) is 0 Å². The molecule has 0 spiro atoms. The lowest BCUT2D eigenvalue weighted by atomic mass is 10.3. The van der Waals surface area contributed by atoms with Crippen LogP contribution in [0.5, 0.6) is 5.75 Å². The number of likely N-dealkylation sites (N-methyl/N-ethyl adjacent to an activating group) is 1. The third kappa shape index (κ3) is 5.12. The van der Waals surface area contributed by atoms with Crippen molar-refractivity contribution in [2.75, 3.05) is 32.6 Å². The van der Waals surface area contributed by atoms with E-state index in [1.807, 2.05) is 38.3 Å². The number of aliphatic hydroxyl groups is 1. The molecular weight excluding hydrogens is 294 g/mol. The fourth-order valence-corrected chi connectivity index (χ4v) is 2.19. The highest BCUT2D eigenvalue weighted by Gasteiger charge is 2.09. The molecule has 1 aromatic heterocycles. The van der Waals surface area contributed by atoms with Crippen LogP contribution in [0.1, 0.15) is 10.5 Å². The van der Waals surface area contributed by atoms with Gasteiger partial charge in [-0.1, -0.05) is 0 Å². The smallest absolute Gasteiger partial charge is 0.272 e. The Hall–Kier alpha value is -2.31. The number of hydrogen-bond acceptors (Lipinski definition) is 4. The average Bonchev–Trinajstić information content (AvgIpc) is 2.92. The van der Waals surface area contributed by atoms with Crippen molar-refractivity contribution in [3.8, 4) is 5.75 Å². The Kier molecular flexibility index (Phi) is 5.78. The van der Waals surface area contributed by atoms with Gasteiger partial charge in [-0.05, 0) is 50.5 Å². The van der Waals surface area contributed by atoms with E-state index in [0.717, 1.165) is 0 Å². The number of carbonyl (C=O) groups excluding carboxylic acids is 1. The van der Waals surface area contributed by atoms with E-state index in [0.29, 0.717) is 23.7 Å². The monoisotopic (exact) mass is 317 g/mol. The number of aryl methyl sites for hydroxylation is 1. The normalized spacial score (nSPS) is 12.2. The van der Waals surface area contributed by atoms with Gasteiger partial charge in [0.2, 0.25) is 0 Å². The van der Waals surface area contributed by atoms with Crippen LogP contribution in [-0.4, -0.2) is 53.8 Å². The number of anilines is 1. The Balaban J connectivity index is 1.87. The summed E-state index contributed by atoms with van der Waals surface area (Å²) in [5.41, 5.74) is 1.29. The first kappa shape index (κ1) is 17.1. The third-order valence-electron chi connectivity index (χ3n) is 3.31. The highest BCUT2D eigenvalue weighted by atomic mass is 16.5. The molecule has 0 aliphatic carbocycles. The van der Waals surface area contributed by atoms with Crippen molar-refractivity contribution in [3.63, 3.8) is 0 Å². The second kappa shape index (κ2) is 7.80. The molecule has 2 rings (SSSR count). The zero-order chi connectivity index (χ0) is 16.8. The molecule has 6 nitrogen and oxygen atoms in total. The van der Waals surface area contributed by atoms with Crippen LogP contribution >= 0.6 is 0 Å². The summed E-state index contributed by atoms with van der Waals surface area (Å²) in [7, 11) is 5.62. The van der Waals surface area contributed by atoms with Gasteiger partial charge in [-0.3, -0.25) is 4.79 Å². The lowest BCUT2D eigenvalue weighted by Crippen LogP contribution is -2.30. The summed E-state index contributed by atoms with van der Waals surface area (Å²) in [5, 5.41) is 12.6. The van der Waals surface area contributed by atoms with Gasteiger partial charge in [0.1, 0.15) is 24.2 Å². The molecule has 124 valence electrons. The number of aromatic nitrogens is 1. The van der Waals surface area contributed by atoms with E-state index in [4.69, 9.17) is 4.74 Å². The number of benzene rings is 1. The summed E-state index contributed by atoms with van der Waals surface area (Å²) in [4.78, 5) is 14.0. The number of rotatable bonds is 7. The molecule has 0 aliphatic heterocycles. The predicted octanol–water partition coefficient (Wildman–Crippen LogP) is 1.58. The molecule has 0 saturated carbocycles. The van der Waals surface area contributed by atoms with Gasteiger partial charge in [0.15, 0.2) is 0 Å². The minimum atomic E-state index is -0.540. The summed E-state index contributed by atoms with van der Waals surface area (Å²) < 4.78 is 7.29. The highest BCUT2D eigenvalue weighted by molar-refractivity contribution is 6.03. The van der Waals surface area contributed by atoms with Gasteiger partial charge in [-0.25, -0.2) is 0 Å². The molecule has 0 aliphatic rings. The molecule has 0 fully saturated rings. The fourth-order valence-electron chi connectivity index (χ4n) is 2.19. The summed E-state index contributed by atoms with van der Waals surface area (Å²) >= 11 is 0. The van der Waals surface area contributed by atoms with Crippen LogP contribution in [0.2, 0.25) is 0 Å². The maximum Gasteiger partial charge on any atom is 0.272 e. The van der Waals surface area contributed by atoms with Gasteiger partial charge in [0.05, 0.1) is 0 Å². The highest BCUT2D eigenvalue weighted by Crippen LogP contribution is 2.17. The van der Waals surface area contributed by atoms with E-state index in [1.165, 1.54) is 0 Å². The van der Waals surface area contributed by atoms with Crippen LogP contribution < -0.4 is 10.1 Å². The van der Waals surface area contributed by atoms with E-state index in [-0.39, 0.29) is 12.5 Å². The summed E-state index contributed by atoms with van der Waals surface area (Å²) in [6.45, 7) is 0.776. The Morgan fingerprint density at radius 2 is 2.00 bits per heavy atom. The van der Waals surface area contributed by atoms with Crippen molar-refractivity contribution in [2.45, 2.75) is 6.10 Å². The maximum absolute atomic E-state index is 12.1. The van der Waals surface area contributed by atoms with Gasteiger partial charge < -0.3 is 24.6 Å². The predicted molar refractivity (Wildman–Crippen MR) is 89.9 cm³/mol. The zero-order valence-corrected chi connectivity index (χ0v) is 13.7. The van der Waals surface area contributed by atoms with Crippen molar-refractivity contribution in [1.29, 1.82) is 0 Å². The van der Waals surface area contributed by atoms with Crippen molar-refractivity contribution >= 4 is 11.6 Å². The van der Waals surface area contributed by atoms with Gasteiger partial charge in [0, 0.05) is 25.5 Å². The van der Waals surface area contributed by atoms with Crippen LogP contribution in [-0.2, 0) is 7.05 Å². The third-order valence-corrected chi connectivity index (χ3v) is 3.31. The van der Waals surface area contributed by atoms with Crippen LogP contribution in [0, 0.1) is 0 Å². The molecule has 6 heteroatoms. The van der Waals surface area contributed by atoms with Crippen molar-refractivity contribution < 1.29 is 14.6 Å². The SMILES string of the molecule is CN(C)CC(O)COc1ccc(NC(=O)c2cccn2C)cc1. The molecule has 1 heterocycles. The molecule has 0 bridgehead atoms. The van der Waals surface area contributed by atoms with Crippen LogP contribution in [0.25, 0.3) is 0 Å². The van der Waals surface area contributed by atoms with E-state index < -0.39 is 6.10 Å². The molecule has 1 aromatic carbocycles. The second-order valence-corrected chi connectivity index (χ2v) is 5.71. The maximum atomic E-state index is 12.1. The number of carbonyl (C=O) groups is 1. The minimum Gasteiger partial charge on any atom is -0.491 e. The van der Waals surface area contributed by atoms with E-state index >= 15 is 0 Å². The minimum absolute atomic E-state index is 0.160. The van der Waals surface area contributed by atoms with E-state index in [1.54, 1.807) is 34.9 Å². The molecule has 2 aromatic rings. The Morgan fingerprint density at radius 3 is 2.57 bits per heavy atom. The summed E-state index contributed by atoms with van der Waals surface area (Å²) in [6, 6.07) is 10.7. The van der Waals surface area contributed by atoms with Gasteiger partial charge in [0.25, 0.3) is 5.91 Å². The molecule has 1 amide bonds. The van der Waals surface area contributed by atoms with Crippen LogP contribution in [0.15, 0.2) is 42.6 Å². The Morgan fingerprint density at radius 1 is 1.30 bits per heavy atom. The van der Waals surface area contributed by atoms with Gasteiger partial charge in [-0.2, -0.15) is 0 Å². The van der Waals surface area contributed by atoms with Gasteiger partial charge in [-0.15, -0.1) is 0 Å². The lowest BCUT2D eigenvalue weighted by molar-refractivity contribution is 0.0831. The topological polar surface area (TPSA) is 66.7 Å². The Labute approximate surface area is 136 Å². The number of aliphatic hydroxyl groups excluding tert-OH is 1. The molecule has 0 saturated heterocycles. The van der Waals surface area contributed by atoms with E-state index in [2.05, 4.69) is 5.32 Å². The average molecular weight is 317 g/mol. The molecule has 0 radical (unpaired) electrons. The van der Waals surface area contributed by atoms with Crippen LogP contribution in [0.4, 0.5) is 5.69 Å². The number of ether oxygens (including phenoxy) is 1. The zero-order valence-electron chi connectivity index (χ0n) is 13.7. The number of nitrogens with one attached hydrogen (secondary N) is 1. The molecule has 2 N–H and O–H groups in total. The first-order chi connectivity index (χ1) is 11.0. The molecule has 1 unspecified atom stereocenters.